The van der Waals surface area contributed by atoms with Crippen molar-refractivity contribution in [3.8, 4) is 0 Å². The first kappa shape index (κ1) is 23.2. The van der Waals surface area contributed by atoms with Gasteiger partial charge in [0.1, 0.15) is 0 Å². The molecule has 1 aromatic rings. The number of carbonyl (C=O) groups is 1. The Balaban J connectivity index is 0.00000169. The van der Waals surface area contributed by atoms with Gasteiger partial charge in [-0.1, -0.05) is 24.3 Å². The summed E-state index contributed by atoms with van der Waals surface area (Å²) < 4.78 is 0. The van der Waals surface area contributed by atoms with Gasteiger partial charge >= 0.3 is 0 Å². The van der Waals surface area contributed by atoms with Crippen LogP contribution in [0.2, 0.25) is 0 Å². The molecule has 7 heteroatoms. The molecule has 0 bridgehead atoms. The number of hydrogen-bond acceptors (Lipinski definition) is 4. The van der Waals surface area contributed by atoms with Crippen LogP contribution in [0.25, 0.3) is 0 Å². The fourth-order valence-electron chi connectivity index (χ4n) is 3.53. The van der Waals surface area contributed by atoms with Crippen LogP contribution in [0.3, 0.4) is 0 Å². The van der Waals surface area contributed by atoms with E-state index in [-0.39, 0.29) is 24.8 Å². The average molecular weight is 403 g/mol. The molecule has 2 aliphatic rings. The van der Waals surface area contributed by atoms with Gasteiger partial charge in [-0.15, -0.1) is 24.8 Å². The first-order valence-electron chi connectivity index (χ1n) is 9.20. The van der Waals surface area contributed by atoms with Crippen LogP contribution in [-0.4, -0.2) is 79.5 Å². The van der Waals surface area contributed by atoms with Crippen molar-refractivity contribution in [2.75, 3.05) is 58.9 Å². The first-order valence-corrected chi connectivity index (χ1v) is 9.20. The molecule has 0 spiro atoms. The molecule has 3 rings (SSSR count). The minimum atomic E-state index is 0. The predicted molar refractivity (Wildman–Crippen MR) is 111 cm³/mol. The lowest BCUT2D eigenvalue weighted by molar-refractivity contribution is -0.132. The van der Waals surface area contributed by atoms with E-state index in [0.717, 1.165) is 65.4 Å². The summed E-state index contributed by atoms with van der Waals surface area (Å²) >= 11 is 0. The van der Waals surface area contributed by atoms with Gasteiger partial charge in [-0.2, -0.15) is 0 Å². The van der Waals surface area contributed by atoms with Crippen molar-refractivity contribution in [1.82, 2.24) is 20.0 Å². The number of nitrogens with zero attached hydrogens (tertiary/aromatic N) is 3. The van der Waals surface area contributed by atoms with Crippen molar-refractivity contribution in [3.63, 3.8) is 0 Å². The molecule has 0 radical (unpaired) electrons. The van der Waals surface area contributed by atoms with Crippen LogP contribution in [0.15, 0.2) is 24.3 Å². The number of hydrogen-bond donors (Lipinski definition) is 1. The van der Waals surface area contributed by atoms with Crippen molar-refractivity contribution < 1.29 is 4.79 Å². The maximum Gasteiger partial charge on any atom is 0.223 e. The Morgan fingerprint density at radius 2 is 1.58 bits per heavy atom. The van der Waals surface area contributed by atoms with Gasteiger partial charge < -0.3 is 15.1 Å². The summed E-state index contributed by atoms with van der Waals surface area (Å²) in [6, 6.07) is 8.65. The van der Waals surface area contributed by atoms with Crippen molar-refractivity contribution in [2.45, 2.75) is 19.9 Å². The molecule has 2 heterocycles. The Labute approximate surface area is 169 Å². The fourth-order valence-corrected chi connectivity index (χ4v) is 3.53. The molecule has 1 aromatic carbocycles. The molecule has 2 saturated heterocycles. The van der Waals surface area contributed by atoms with E-state index in [1.807, 2.05) is 4.90 Å². The minimum Gasteiger partial charge on any atom is -0.340 e. The van der Waals surface area contributed by atoms with Gasteiger partial charge in [-0.3, -0.25) is 9.69 Å². The van der Waals surface area contributed by atoms with Crippen LogP contribution in [0, 0.1) is 6.92 Å². The quantitative estimate of drug-likeness (QED) is 0.814. The molecule has 148 valence electrons. The van der Waals surface area contributed by atoms with Crippen LogP contribution >= 0.6 is 24.8 Å². The second-order valence-electron chi connectivity index (χ2n) is 6.93. The number of aryl methyl sites for hydroxylation is 1. The zero-order valence-corrected chi connectivity index (χ0v) is 17.3. The van der Waals surface area contributed by atoms with Crippen LogP contribution in [0.1, 0.15) is 17.5 Å². The van der Waals surface area contributed by atoms with E-state index in [0.29, 0.717) is 12.3 Å². The highest BCUT2D eigenvalue weighted by Gasteiger charge is 2.20. The lowest BCUT2D eigenvalue weighted by Crippen LogP contribution is -2.49. The number of piperazine rings is 2. The Kier molecular flexibility index (Phi) is 10.5. The summed E-state index contributed by atoms with van der Waals surface area (Å²) in [6.07, 6.45) is 0.664. The van der Waals surface area contributed by atoms with E-state index in [2.05, 4.69) is 46.3 Å². The third kappa shape index (κ3) is 6.71. The van der Waals surface area contributed by atoms with E-state index in [1.54, 1.807) is 0 Å². The molecular weight excluding hydrogens is 371 g/mol. The molecular formula is C19H32Cl2N4O. The molecule has 0 atom stereocenters. The zero-order chi connectivity index (χ0) is 16.8. The first-order chi connectivity index (χ1) is 11.7. The van der Waals surface area contributed by atoms with E-state index in [4.69, 9.17) is 0 Å². The molecule has 0 aliphatic carbocycles. The van der Waals surface area contributed by atoms with Gasteiger partial charge in [0.05, 0.1) is 0 Å². The summed E-state index contributed by atoms with van der Waals surface area (Å²) in [5, 5.41) is 3.29. The highest BCUT2D eigenvalue weighted by molar-refractivity contribution is 5.85. The number of nitrogens with one attached hydrogen (secondary N) is 1. The Hall–Kier alpha value is -0.850. The Bertz CT molecular complexity index is 544. The standard InChI is InChI=1S/C19H30N4O.2ClH/c1-17-4-2-3-5-18(17)16-22-14-12-21(13-15-22)9-6-19(24)23-10-7-20-8-11-23;;/h2-5,20H,6-16H2,1H3;2*1H. The van der Waals surface area contributed by atoms with Gasteiger partial charge in [0, 0.05) is 71.9 Å². The largest absolute Gasteiger partial charge is 0.340 e. The van der Waals surface area contributed by atoms with E-state index in [1.165, 1.54) is 11.1 Å². The third-order valence-corrected chi connectivity index (χ3v) is 5.23. The van der Waals surface area contributed by atoms with Gasteiger partial charge in [0.2, 0.25) is 5.91 Å². The van der Waals surface area contributed by atoms with Crippen LogP contribution in [-0.2, 0) is 11.3 Å². The number of benzene rings is 1. The normalized spacial score (nSPS) is 18.7. The summed E-state index contributed by atoms with van der Waals surface area (Å²) in [5.74, 6) is 0.318. The molecule has 0 unspecified atom stereocenters. The fraction of sp³-hybridized carbons (Fsp3) is 0.632. The van der Waals surface area contributed by atoms with Gasteiger partial charge in [0.15, 0.2) is 0 Å². The summed E-state index contributed by atoms with van der Waals surface area (Å²) in [7, 11) is 0. The Morgan fingerprint density at radius 1 is 0.962 bits per heavy atom. The zero-order valence-electron chi connectivity index (χ0n) is 15.7. The molecule has 1 amide bonds. The van der Waals surface area contributed by atoms with Crippen molar-refractivity contribution in [3.05, 3.63) is 35.4 Å². The number of carbonyl (C=O) groups excluding carboxylic acids is 1. The van der Waals surface area contributed by atoms with Crippen LogP contribution in [0.5, 0.6) is 0 Å². The molecule has 2 aliphatic heterocycles. The SMILES string of the molecule is Cc1ccccc1CN1CCN(CCC(=O)N2CCNCC2)CC1.Cl.Cl. The number of amides is 1. The van der Waals surface area contributed by atoms with Crippen molar-refractivity contribution in [1.29, 1.82) is 0 Å². The van der Waals surface area contributed by atoms with E-state index < -0.39 is 0 Å². The number of rotatable bonds is 5. The summed E-state index contributed by atoms with van der Waals surface area (Å²) in [4.78, 5) is 19.2. The van der Waals surface area contributed by atoms with Crippen LogP contribution in [0.4, 0.5) is 0 Å². The maximum absolute atomic E-state index is 12.2. The smallest absolute Gasteiger partial charge is 0.223 e. The van der Waals surface area contributed by atoms with Crippen LogP contribution < -0.4 is 5.32 Å². The number of halogens is 2. The minimum absolute atomic E-state index is 0. The highest BCUT2D eigenvalue weighted by atomic mass is 35.5. The topological polar surface area (TPSA) is 38.8 Å². The lowest BCUT2D eigenvalue weighted by atomic mass is 10.1. The highest BCUT2D eigenvalue weighted by Crippen LogP contribution is 2.12. The average Bonchev–Trinajstić information content (AvgIpc) is 2.63. The molecule has 5 nitrogen and oxygen atoms in total. The maximum atomic E-state index is 12.2. The second-order valence-corrected chi connectivity index (χ2v) is 6.93. The third-order valence-electron chi connectivity index (χ3n) is 5.23. The van der Waals surface area contributed by atoms with Crippen molar-refractivity contribution >= 4 is 30.7 Å². The molecule has 1 N–H and O–H groups in total. The predicted octanol–water partition coefficient (Wildman–Crippen LogP) is 1.78. The molecule has 0 aromatic heterocycles. The Morgan fingerprint density at radius 3 is 2.23 bits per heavy atom. The summed E-state index contributed by atoms with van der Waals surface area (Å²) in [6.45, 7) is 12.1. The monoisotopic (exact) mass is 402 g/mol. The van der Waals surface area contributed by atoms with Gasteiger partial charge in [0.25, 0.3) is 0 Å². The molecule has 0 saturated carbocycles. The van der Waals surface area contributed by atoms with Gasteiger partial charge in [-0.05, 0) is 18.1 Å². The van der Waals surface area contributed by atoms with Crippen molar-refractivity contribution in [2.24, 2.45) is 0 Å². The van der Waals surface area contributed by atoms with Gasteiger partial charge in [-0.25, -0.2) is 0 Å². The van der Waals surface area contributed by atoms with E-state index >= 15 is 0 Å². The molecule has 26 heavy (non-hydrogen) atoms. The summed E-state index contributed by atoms with van der Waals surface area (Å²) in [5.41, 5.74) is 2.81. The van der Waals surface area contributed by atoms with E-state index in [9.17, 15) is 4.79 Å². The molecule has 2 fully saturated rings. The second kappa shape index (κ2) is 11.8. The lowest BCUT2D eigenvalue weighted by Gasteiger charge is -2.35.